The fourth-order valence-electron chi connectivity index (χ4n) is 3.57. The minimum atomic E-state index is -0.179. The second-order valence-corrected chi connectivity index (χ2v) is 6.89. The number of ether oxygens (including phenoxy) is 2. The van der Waals surface area contributed by atoms with E-state index in [1.54, 1.807) is 24.1 Å². The highest BCUT2D eigenvalue weighted by molar-refractivity contribution is 5.94. The maximum atomic E-state index is 13.0. The molecule has 1 unspecified atom stereocenters. The van der Waals surface area contributed by atoms with Gasteiger partial charge in [0.15, 0.2) is 5.43 Å². The number of carbonyl (C=O) groups excluding carboxylic acids is 1. The standard InChI is InChI=1S/C22H22N2O4/c1-27-16-6-4-5-15(11-16)12-17-14-24(9-10-28-17)22(26)20-13-21(25)18-7-2-3-8-19(18)23-20/h2-8,11,13,17H,9-10,12,14H2,1H3,(H,23,25). The van der Waals surface area contributed by atoms with Crippen LogP contribution in [0.4, 0.5) is 0 Å². The third kappa shape index (κ3) is 3.77. The lowest BCUT2D eigenvalue weighted by atomic mass is 10.1. The van der Waals surface area contributed by atoms with E-state index < -0.39 is 0 Å². The first-order valence-corrected chi connectivity index (χ1v) is 9.30. The number of pyridine rings is 1. The van der Waals surface area contributed by atoms with Crippen molar-refractivity contribution in [3.8, 4) is 5.75 Å². The summed E-state index contributed by atoms with van der Waals surface area (Å²) in [5.74, 6) is 0.622. The van der Waals surface area contributed by atoms with Crippen LogP contribution in [-0.4, -0.2) is 48.7 Å². The Morgan fingerprint density at radius 2 is 2.07 bits per heavy atom. The number of carbonyl (C=O) groups is 1. The topological polar surface area (TPSA) is 71.6 Å². The summed E-state index contributed by atoms with van der Waals surface area (Å²) in [7, 11) is 1.64. The summed E-state index contributed by atoms with van der Waals surface area (Å²) in [4.78, 5) is 30.1. The van der Waals surface area contributed by atoms with Gasteiger partial charge in [0.1, 0.15) is 11.4 Å². The van der Waals surface area contributed by atoms with E-state index in [1.807, 2.05) is 36.4 Å². The molecule has 1 atom stereocenters. The molecule has 1 aliphatic heterocycles. The van der Waals surface area contributed by atoms with Gasteiger partial charge in [0.05, 0.1) is 19.8 Å². The number of amides is 1. The Balaban J connectivity index is 1.51. The number of nitrogens with zero attached hydrogens (tertiary/aromatic N) is 1. The van der Waals surface area contributed by atoms with Crippen LogP contribution in [-0.2, 0) is 11.2 Å². The second-order valence-electron chi connectivity index (χ2n) is 6.89. The quantitative estimate of drug-likeness (QED) is 0.758. The van der Waals surface area contributed by atoms with Gasteiger partial charge in [-0.1, -0.05) is 24.3 Å². The minimum absolute atomic E-state index is 0.100. The lowest BCUT2D eigenvalue weighted by Gasteiger charge is -2.33. The maximum absolute atomic E-state index is 13.0. The predicted octanol–water partition coefficient (Wildman–Crippen LogP) is 2.62. The van der Waals surface area contributed by atoms with Crippen LogP contribution in [0.2, 0.25) is 0 Å². The zero-order valence-corrected chi connectivity index (χ0v) is 15.7. The summed E-state index contributed by atoms with van der Waals surface area (Å²) < 4.78 is 11.1. The summed E-state index contributed by atoms with van der Waals surface area (Å²) in [6, 6.07) is 16.4. The van der Waals surface area contributed by atoms with Crippen molar-refractivity contribution in [2.24, 2.45) is 0 Å². The van der Waals surface area contributed by atoms with Gasteiger partial charge in [-0.05, 0) is 29.8 Å². The number of fused-ring (bicyclic) bond motifs is 1. The molecule has 1 fully saturated rings. The van der Waals surface area contributed by atoms with Gasteiger partial charge in [0.2, 0.25) is 0 Å². The summed E-state index contributed by atoms with van der Waals surface area (Å²) in [5.41, 5.74) is 1.92. The van der Waals surface area contributed by atoms with Crippen LogP contribution in [0.25, 0.3) is 10.9 Å². The highest BCUT2D eigenvalue weighted by Gasteiger charge is 2.26. The average Bonchev–Trinajstić information content (AvgIpc) is 2.73. The number of para-hydroxylation sites is 1. The average molecular weight is 378 g/mol. The van der Waals surface area contributed by atoms with Crippen LogP contribution in [0.1, 0.15) is 16.1 Å². The number of aromatic nitrogens is 1. The van der Waals surface area contributed by atoms with E-state index in [0.717, 1.165) is 11.3 Å². The van der Waals surface area contributed by atoms with Crippen LogP contribution < -0.4 is 10.2 Å². The summed E-state index contributed by atoms with van der Waals surface area (Å²) in [6.07, 6.45) is 0.590. The highest BCUT2D eigenvalue weighted by atomic mass is 16.5. The van der Waals surface area contributed by atoms with Crippen molar-refractivity contribution < 1.29 is 14.3 Å². The predicted molar refractivity (Wildman–Crippen MR) is 107 cm³/mol. The molecule has 6 heteroatoms. The molecule has 3 aromatic rings. The van der Waals surface area contributed by atoms with Gasteiger partial charge < -0.3 is 19.4 Å². The van der Waals surface area contributed by atoms with Crippen LogP contribution in [0.5, 0.6) is 5.75 Å². The van der Waals surface area contributed by atoms with Crippen LogP contribution in [0.15, 0.2) is 59.4 Å². The zero-order chi connectivity index (χ0) is 19.5. The Morgan fingerprint density at radius 1 is 1.21 bits per heavy atom. The van der Waals surface area contributed by atoms with Crippen LogP contribution >= 0.6 is 0 Å². The first-order valence-electron chi connectivity index (χ1n) is 9.30. The van der Waals surface area contributed by atoms with Gasteiger partial charge in [0, 0.05) is 36.5 Å². The number of aromatic amines is 1. The highest BCUT2D eigenvalue weighted by Crippen LogP contribution is 2.18. The smallest absolute Gasteiger partial charge is 0.270 e. The van der Waals surface area contributed by atoms with Crippen molar-refractivity contribution in [3.63, 3.8) is 0 Å². The van der Waals surface area contributed by atoms with Gasteiger partial charge in [-0.15, -0.1) is 0 Å². The number of H-pyrrole nitrogens is 1. The Bertz CT molecular complexity index is 1060. The third-order valence-electron chi connectivity index (χ3n) is 4.99. The number of hydrogen-bond acceptors (Lipinski definition) is 4. The van der Waals surface area contributed by atoms with Crippen molar-refractivity contribution in [1.29, 1.82) is 0 Å². The van der Waals surface area contributed by atoms with Crippen molar-refractivity contribution in [2.75, 3.05) is 26.8 Å². The molecule has 0 aliphatic carbocycles. The van der Waals surface area contributed by atoms with E-state index in [2.05, 4.69) is 4.98 Å². The lowest BCUT2D eigenvalue weighted by Crippen LogP contribution is -2.46. The van der Waals surface area contributed by atoms with Crippen LogP contribution in [0.3, 0.4) is 0 Å². The number of nitrogens with one attached hydrogen (secondary N) is 1. The lowest BCUT2D eigenvalue weighted by molar-refractivity contribution is -0.0210. The van der Waals surface area contributed by atoms with Gasteiger partial charge in [-0.2, -0.15) is 0 Å². The molecule has 1 aromatic heterocycles. The van der Waals surface area contributed by atoms with E-state index in [9.17, 15) is 9.59 Å². The molecule has 144 valence electrons. The summed E-state index contributed by atoms with van der Waals surface area (Å²) in [6.45, 7) is 1.45. The molecule has 1 saturated heterocycles. The molecule has 1 aliphatic rings. The molecule has 2 aromatic carbocycles. The van der Waals surface area contributed by atoms with Crippen LogP contribution in [0, 0.1) is 0 Å². The van der Waals surface area contributed by atoms with Crippen molar-refractivity contribution in [3.05, 3.63) is 76.1 Å². The summed E-state index contributed by atoms with van der Waals surface area (Å²) >= 11 is 0. The van der Waals surface area contributed by atoms with Gasteiger partial charge in [-0.3, -0.25) is 9.59 Å². The maximum Gasteiger partial charge on any atom is 0.270 e. The van der Waals surface area contributed by atoms with E-state index in [0.29, 0.717) is 42.7 Å². The minimum Gasteiger partial charge on any atom is -0.497 e. The van der Waals surface area contributed by atoms with E-state index >= 15 is 0 Å². The molecule has 0 saturated carbocycles. The first kappa shape index (κ1) is 18.3. The number of benzene rings is 2. The molecular weight excluding hydrogens is 356 g/mol. The molecule has 4 rings (SSSR count). The van der Waals surface area contributed by atoms with Crippen molar-refractivity contribution in [2.45, 2.75) is 12.5 Å². The fourth-order valence-corrected chi connectivity index (χ4v) is 3.57. The molecule has 2 heterocycles. The molecule has 6 nitrogen and oxygen atoms in total. The normalized spacial score (nSPS) is 16.9. The SMILES string of the molecule is COc1cccc(CC2CN(C(=O)c3cc(=O)c4ccccc4[nH]3)CCO2)c1. The number of hydrogen-bond donors (Lipinski definition) is 1. The molecule has 0 bridgehead atoms. The van der Waals surface area contributed by atoms with Gasteiger partial charge in [-0.25, -0.2) is 0 Å². The molecular formula is C22H22N2O4. The molecule has 28 heavy (non-hydrogen) atoms. The first-order chi connectivity index (χ1) is 13.6. The fraction of sp³-hybridized carbons (Fsp3) is 0.273. The Labute approximate surface area is 162 Å². The third-order valence-corrected chi connectivity index (χ3v) is 4.99. The van der Waals surface area contributed by atoms with Crippen molar-refractivity contribution >= 4 is 16.8 Å². The largest absolute Gasteiger partial charge is 0.497 e. The molecule has 1 N–H and O–H groups in total. The zero-order valence-electron chi connectivity index (χ0n) is 15.7. The summed E-state index contributed by atoms with van der Waals surface area (Å²) in [5, 5.41) is 0.580. The Hall–Kier alpha value is -3.12. The second kappa shape index (κ2) is 7.86. The Morgan fingerprint density at radius 3 is 2.93 bits per heavy atom. The van der Waals surface area contributed by atoms with Crippen molar-refractivity contribution in [1.82, 2.24) is 9.88 Å². The van der Waals surface area contributed by atoms with E-state index in [-0.39, 0.29) is 17.4 Å². The van der Waals surface area contributed by atoms with E-state index in [4.69, 9.17) is 9.47 Å². The molecule has 1 amide bonds. The molecule has 0 radical (unpaired) electrons. The number of methoxy groups -OCH3 is 1. The number of rotatable bonds is 4. The Kier molecular flexibility index (Phi) is 5.12. The number of morpholine rings is 1. The molecule has 0 spiro atoms. The van der Waals surface area contributed by atoms with Gasteiger partial charge in [0.25, 0.3) is 5.91 Å². The monoisotopic (exact) mass is 378 g/mol. The van der Waals surface area contributed by atoms with E-state index in [1.165, 1.54) is 6.07 Å². The van der Waals surface area contributed by atoms with Gasteiger partial charge >= 0.3 is 0 Å².